The van der Waals surface area contributed by atoms with Crippen LogP contribution in [-0.4, -0.2) is 41.0 Å². The quantitative estimate of drug-likeness (QED) is 0.749. The summed E-state index contributed by atoms with van der Waals surface area (Å²) in [5.74, 6) is 2.23. The Kier molecular flexibility index (Phi) is 3.68. The summed E-state index contributed by atoms with van der Waals surface area (Å²) in [5.41, 5.74) is 2.74. The summed E-state index contributed by atoms with van der Waals surface area (Å²) in [6.07, 6.45) is 5.14. The minimum atomic E-state index is -0.807. The lowest BCUT2D eigenvalue weighted by atomic mass is 10.2. The Morgan fingerprint density at radius 1 is 1.31 bits per heavy atom. The summed E-state index contributed by atoms with van der Waals surface area (Å²) in [6, 6.07) is 4.07. The molecule has 1 aliphatic heterocycles. The van der Waals surface area contributed by atoms with Crippen LogP contribution in [0.3, 0.4) is 0 Å². The minimum Gasteiger partial charge on any atom is -0.379 e. The van der Waals surface area contributed by atoms with E-state index in [4.69, 9.17) is 4.52 Å². The lowest BCUT2D eigenvalue weighted by Crippen LogP contribution is -2.33. The van der Waals surface area contributed by atoms with E-state index >= 15 is 0 Å². The zero-order valence-electron chi connectivity index (χ0n) is 14.7. The molecule has 5 rings (SSSR count). The molecular weight excluding hydrogens is 332 g/mol. The highest BCUT2D eigenvalue weighted by molar-refractivity contribution is 5.20. The maximum absolute atomic E-state index is 10.6. The van der Waals surface area contributed by atoms with Crippen molar-refractivity contribution in [3.63, 3.8) is 0 Å². The van der Waals surface area contributed by atoms with E-state index in [9.17, 15) is 5.11 Å². The molecule has 3 aromatic heterocycles. The number of hydrogen-bond acceptors (Lipinski definition) is 6. The molecule has 0 bridgehead atoms. The molecule has 0 spiro atoms. The number of nitrogens with zero attached hydrogens (tertiary/aromatic N) is 6. The van der Waals surface area contributed by atoms with Crippen LogP contribution in [0, 0.1) is 0 Å². The Morgan fingerprint density at radius 3 is 2.96 bits per heavy atom. The van der Waals surface area contributed by atoms with Crippen molar-refractivity contribution in [1.29, 1.82) is 0 Å². The van der Waals surface area contributed by atoms with Crippen LogP contribution in [0.5, 0.6) is 0 Å². The number of hydrogen-bond donors (Lipinski definition) is 1. The molecule has 136 valence electrons. The zero-order chi connectivity index (χ0) is 17.7. The predicted octanol–water partition coefficient (Wildman–Crippen LogP) is 1.58. The molecule has 8 heteroatoms. The average molecular weight is 354 g/mol. The van der Waals surface area contributed by atoms with Crippen molar-refractivity contribution in [2.24, 2.45) is 7.05 Å². The van der Waals surface area contributed by atoms with Crippen LogP contribution in [0.1, 0.15) is 53.5 Å². The standard InChI is InChI=1S/C18H22N6O2/c1-22-5-4-19-18(22)17(25)15-9-14-11-23(6-7-24(14)20-15)10-13-8-16(26-21-13)12-2-3-12/h4-5,8-9,12,17,25H,2-3,6-7,10-11H2,1H3. The summed E-state index contributed by atoms with van der Waals surface area (Å²) in [5, 5.41) is 19.4. The van der Waals surface area contributed by atoms with Gasteiger partial charge in [0, 0.05) is 51.1 Å². The highest BCUT2D eigenvalue weighted by Crippen LogP contribution is 2.40. The smallest absolute Gasteiger partial charge is 0.155 e. The fraction of sp³-hybridized carbons (Fsp3) is 0.500. The molecule has 0 radical (unpaired) electrons. The lowest BCUT2D eigenvalue weighted by molar-refractivity contribution is 0.192. The zero-order valence-corrected chi connectivity index (χ0v) is 14.7. The molecule has 1 aliphatic carbocycles. The molecule has 2 aliphatic rings. The Labute approximate surface area is 151 Å². The second-order valence-corrected chi connectivity index (χ2v) is 7.29. The highest BCUT2D eigenvalue weighted by atomic mass is 16.5. The van der Waals surface area contributed by atoms with Gasteiger partial charge in [-0.1, -0.05) is 5.16 Å². The van der Waals surface area contributed by atoms with Gasteiger partial charge in [-0.15, -0.1) is 0 Å². The summed E-state index contributed by atoms with van der Waals surface area (Å²) < 4.78 is 9.25. The first-order chi connectivity index (χ1) is 12.7. The second kappa shape index (κ2) is 6.07. The Balaban J connectivity index is 1.29. The van der Waals surface area contributed by atoms with Gasteiger partial charge in [-0.25, -0.2) is 4.98 Å². The van der Waals surface area contributed by atoms with E-state index in [0.717, 1.165) is 43.3 Å². The third-order valence-electron chi connectivity index (χ3n) is 5.22. The monoisotopic (exact) mass is 354 g/mol. The number of fused-ring (bicyclic) bond motifs is 1. The van der Waals surface area contributed by atoms with Crippen molar-refractivity contribution < 1.29 is 9.63 Å². The third-order valence-corrected chi connectivity index (χ3v) is 5.22. The largest absolute Gasteiger partial charge is 0.379 e. The van der Waals surface area contributed by atoms with Crippen LogP contribution in [0.2, 0.25) is 0 Å². The fourth-order valence-corrected chi connectivity index (χ4v) is 3.58. The molecule has 1 saturated carbocycles. The first-order valence-electron chi connectivity index (χ1n) is 9.07. The van der Waals surface area contributed by atoms with E-state index < -0.39 is 6.10 Å². The Hall–Kier alpha value is -2.45. The normalized spacial score (nSPS) is 18.8. The van der Waals surface area contributed by atoms with Gasteiger partial charge >= 0.3 is 0 Å². The SMILES string of the molecule is Cn1ccnc1C(O)c1cc2n(n1)CCN(Cc1cc(C3CC3)on1)C2. The van der Waals surface area contributed by atoms with Crippen molar-refractivity contribution in [1.82, 2.24) is 29.4 Å². The predicted molar refractivity (Wildman–Crippen MR) is 92.1 cm³/mol. The van der Waals surface area contributed by atoms with Crippen LogP contribution in [0.25, 0.3) is 0 Å². The topological polar surface area (TPSA) is 85.1 Å². The minimum absolute atomic E-state index is 0.592. The number of rotatable bonds is 5. The van der Waals surface area contributed by atoms with Crippen molar-refractivity contribution in [3.8, 4) is 0 Å². The van der Waals surface area contributed by atoms with E-state index in [2.05, 4.69) is 26.2 Å². The van der Waals surface area contributed by atoms with Gasteiger partial charge in [0.1, 0.15) is 11.6 Å². The Morgan fingerprint density at radius 2 is 2.19 bits per heavy atom. The van der Waals surface area contributed by atoms with Gasteiger partial charge in [-0.2, -0.15) is 5.10 Å². The van der Waals surface area contributed by atoms with Crippen molar-refractivity contribution in [2.75, 3.05) is 6.54 Å². The first-order valence-corrected chi connectivity index (χ1v) is 9.07. The summed E-state index contributed by atoms with van der Waals surface area (Å²) in [7, 11) is 1.87. The molecule has 4 heterocycles. The number of aromatic nitrogens is 5. The molecule has 0 amide bonds. The second-order valence-electron chi connectivity index (χ2n) is 7.29. The fourth-order valence-electron chi connectivity index (χ4n) is 3.58. The maximum Gasteiger partial charge on any atom is 0.155 e. The first kappa shape index (κ1) is 15.8. The number of aliphatic hydroxyl groups is 1. The van der Waals surface area contributed by atoms with Crippen LogP contribution in [0.15, 0.2) is 29.0 Å². The van der Waals surface area contributed by atoms with E-state index in [0.29, 0.717) is 17.4 Å². The van der Waals surface area contributed by atoms with E-state index in [1.165, 1.54) is 12.8 Å². The molecule has 0 aromatic carbocycles. The molecular formula is C18H22N6O2. The van der Waals surface area contributed by atoms with E-state index in [-0.39, 0.29) is 0 Å². The van der Waals surface area contributed by atoms with Crippen LogP contribution < -0.4 is 0 Å². The average Bonchev–Trinajstić information content (AvgIpc) is 3.04. The van der Waals surface area contributed by atoms with Gasteiger partial charge in [-0.3, -0.25) is 9.58 Å². The summed E-state index contributed by atoms with van der Waals surface area (Å²) in [4.78, 5) is 6.56. The van der Waals surface area contributed by atoms with Gasteiger partial charge in [0.2, 0.25) is 0 Å². The van der Waals surface area contributed by atoms with Crippen LogP contribution in [-0.2, 0) is 26.7 Å². The molecule has 0 saturated heterocycles. The van der Waals surface area contributed by atoms with E-state index in [1.54, 1.807) is 6.20 Å². The number of aryl methyl sites for hydroxylation is 1. The summed E-state index contributed by atoms with van der Waals surface area (Å²) in [6.45, 7) is 3.26. The summed E-state index contributed by atoms with van der Waals surface area (Å²) >= 11 is 0. The van der Waals surface area contributed by atoms with E-state index in [1.807, 2.05) is 28.6 Å². The molecule has 3 aromatic rings. The molecule has 1 fully saturated rings. The highest BCUT2D eigenvalue weighted by Gasteiger charge is 2.29. The van der Waals surface area contributed by atoms with Crippen LogP contribution in [0.4, 0.5) is 0 Å². The molecule has 1 atom stereocenters. The van der Waals surface area contributed by atoms with Crippen LogP contribution >= 0.6 is 0 Å². The lowest BCUT2D eigenvalue weighted by Gasteiger charge is -2.26. The van der Waals surface area contributed by atoms with Gasteiger partial charge in [0.15, 0.2) is 6.10 Å². The number of imidazole rings is 1. The molecule has 8 nitrogen and oxygen atoms in total. The van der Waals surface area contributed by atoms with Gasteiger partial charge < -0.3 is 14.2 Å². The van der Waals surface area contributed by atoms with Crippen molar-refractivity contribution >= 4 is 0 Å². The molecule has 1 N–H and O–H groups in total. The Bertz CT molecular complexity index is 922. The molecule has 1 unspecified atom stereocenters. The number of aliphatic hydroxyl groups excluding tert-OH is 1. The third kappa shape index (κ3) is 2.85. The molecule has 26 heavy (non-hydrogen) atoms. The van der Waals surface area contributed by atoms with Crippen molar-refractivity contribution in [2.45, 2.75) is 44.5 Å². The van der Waals surface area contributed by atoms with Gasteiger partial charge in [0.05, 0.1) is 23.6 Å². The maximum atomic E-state index is 10.6. The van der Waals surface area contributed by atoms with Gasteiger partial charge in [0.25, 0.3) is 0 Å². The van der Waals surface area contributed by atoms with Gasteiger partial charge in [-0.05, 0) is 18.9 Å². The van der Waals surface area contributed by atoms with Crippen molar-refractivity contribution in [3.05, 3.63) is 53.2 Å².